The molecular formula is C14H7F6NO3. The summed E-state index contributed by atoms with van der Waals surface area (Å²) in [4.78, 5) is 9.85. The number of ether oxygens (including phenoxy) is 1. The molecule has 0 fully saturated rings. The molecule has 2 aromatic carbocycles. The minimum atomic E-state index is -5.02. The number of hydrogen-bond donors (Lipinski definition) is 0. The molecule has 24 heavy (non-hydrogen) atoms. The minimum absolute atomic E-state index is 0.298. The molecule has 0 aromatic heterocycles. The molecule has 0 saturated carbocycles. The second-order valence-corrected chi connectivity index (χ2v) is 4.56. The van der Waals surface area contributed by atoms with E-state index in [0.29, 0.717) is 18.2 Å². The fraction of sp³-hybridized carbons (Fsp3) is 0.143. The molecule has 0 unspecified atom stereocenters. The van der Waals surface area contributed by atoms with E-state index in [1.807, 2.05) is 0 Å². The van der Waals surface area contributed by atoms with Gasteiger partial charge in [0.05, 0.1) is 10.5 Å². The van der Waals surface area contributed by atoms with Gasteiger partial charge in [0.1, 0.15) is 5.75 Å². The van der Waals surface area contributed by atoms with Crippen LogP contribution in [-0.2, 0) is 6.18 Å². The number of halogens is 6. The summed E-state index contributed by atoms with van der Waals surface area (Å²) in [5.41, 5.74) is -2.76. The average molecular weight is 351 g/mol. The molecule has 4 nitrogen and oxygen atoms in total. The van der Waals surface area contributed by atoms with E-state index in [1.165, 1.54) is 0 Å². The first-order chi connectivity index (χ1) is 11.0. The Morgan fingerprint density at radius 3 is 2.17 bits per heavy atom. The molecular weight excluding hydrogens is 344 g/mol. The van der Waals surface area contributed by atoms with E-state index in [9.17, 15) is 36.5 Å². The Morgan fingerprint density at radius 1 is 0.958 bits per heavy atom. The van der Waals surface area contributed by atoms with E-state index in [-0.39, 0.29) is 5.56 Å². The Labute approximate surface area is 130 Å². The van der Waals surface area contributed by atoms with E-state index >= 15 is 0 Å². The van der Waals surface area contributed by atoms with Crippen LogP contribution >= 0.6 is 0 Å². The first kappa shape index (κ1) is 17.6. The van der Waals surface area contributed by atoms with Crippen LogP contribution in [0.15, 0.2) is 42.5 Å². The maximum absolute atomic E-state index is 13.1. The fourth-order valence-corrected chi connectivity index (χ4v) is 1.99. The molecule has 2 rings (SSSR count). The molecule has 0 aliphatic heterocycles. The van der Waals surface area contributed by atoms with Crippen LogP contribution in [0.25, 0.3) is 11.1 Å². The lowest BCUT2D eigenvalue weighted by atomic mass is 9.98. The molecule has 0 aliphatic carbocycles. The average Bonchev–Trinajstić information content (AvgIpc) is 2.44. The van der Waals surface area contributed by atoms with Crippen LogP contribution in [0.2, 0.25) is 0 Å². The summed E-state index contributed by atoms with van der Waals surface area (Å²) in [6, 6.07) is 5.60. The summed E-state index contributed by atoms with van der Waals surface area (Å²) in [6.07, 6.45) is -9.86. The largest absolute Gasteiger partial charge is 0.573 e. The highest BCUT2D eigenvalue weighted by Crippen LogP contribution is 2.40. The summed E-state index contributed by atoms with van der Waals surface area (Å²) >= 11 is 0. The van der Waals surface area contributed by atoms with Crippen LogP contribution < -0.4 is 4.74 Å². The van der Waals surface area contributed by atoms with Gasteiger partial charge in [0.2, 0.25) is 0 Å². The van der Waals surface area contributed by atoms with Crippen molar-refractivity contribution < 1.29 is 36.0 Å². The first-order valence-electron chi connectivity index (χ1n) is 6.19. The fourth-order valence-electron chi connectivity index (χ4n) is 1.99. The second kappa shape index (κ2) is 6.02. The number of rotatable bonds is 3. The number of non-ortho nitro benzene ring substituents is 1. The quantitative estimate of drug-likeness (QED) is 0.435. The Bertz CT molecular complexity index is 770. The van der Waals surface area contributed by atoms with Crippen molar-refractivity contribution >= 4 is 5.69 Å². The number of nitrogens with zero attached hydrogens (tertiary/aromatic N) is 1. The van der Waals surface area contributed by atoms with Gasteiger partial charge >= 0.3 is 12.5 Å². The maximum Gasteiger partial charge on any atom is 0.573 e. The van der Waals surface area contributed by atoms with Gasteiger partial charge in [-0.3, -0.25) is 10.1 Å². The van der Waals surface area contributed by atoms with Crippen LogP contribution in [0.5, 0.6) is 5.75 Å². The number of nitro groups is 1. The summed E-state index contributed by atoms with van der Waals surface area (Å²) in [6.45, 7) is 0. The third-order valence-corrected chi connectivity index (χ3v) is 2.90. The van der Waals surface area contributed by atoms with Crippen LogP contribution in [0, 0.1) is 10.1 Å². The zero-order chi connectivity index (χ0) is 18.1. The van der Waals surface area contributed by atoms with Crippen LogP contribution in [-0.4, -0.2) is 11.3 Å². The van der Waals surface area contributed by atoms with Crippen molar-refractivity contribution in [3.63, 3.8) is 0 Å². The molecule has 2 aromatic rings. The number of alkyl halides is 6. The number of hydrogen-bond acceptors (Lipinski definition) is 3. The van der Waals surface area contributed by atoms with Gasteiger partial charge < -0.3 is 4.74 Å². The van der Waals surface area contributed by atoms with Gasteiger partial charge in [-0.1, -0.05) is 12.1 Å². The Morgan fingerprint density at radius 2 is 1.62 bits per heavy atom. The topological polar surface area (TPSA) is 52.4 Å². The van der Waals surface area contributed by atoms with E-state index in [0.717, 1.165) is 24.3 Å². The molecule has 0 amide bonds. The molecule has 0 radical (unpaired) electrons. The van der Waals surface area contributed by atoms with Gasteiger partial charge in [-0.2, -0.15) is 13.2 Å². The Balaban J connectivity index is 2.60. The van der Waals surface area contributed by atoms with E-state index in [4.69, 9.17) is 0 Å². The molecule has 0 spiro atoms. The predicted molar refractivity (Wildman–Crippen MR) is 70.2 cm³/mol. The highest BCUT2D eigenvalue weighted by Gasteiger charge is 2.35. The van der Waals surface area contributed by atoms with Gasteiger partial charge in [0, 0.05) is 17.7 Å². The van der Waals surface area contributed by atoms with E-state index in [1.54, 1.807) is 0 Å². The number of benzene rings is 2. The molecule has 0 atom stereocenters. The van der Waals surface area contributed by atoms with Gasteiger partial charge in [-0.25, -0.2) is 0 Å². The lowest BCUT2D eigenvalue weighted by molar-refractivity contribution is -0.384. The highest BCUT2D eigenvalue weighted by molar-refractivity contribution is 5.71. The molecule has 0 bridgehead atoms. The van der Waals surface area contributed by atoms with Gasteiger partial charge in [0.25, 0.3) is 5.69 Å². The molecule has 128 valence electrons. The smallest absolute Gasteiger partial charge is 0.406 e. The first-order valence-corrected chi connectivity index (χ1v) is 6.19. The highest BCUT2D eigenvalue weighted by atomic mass is 19.4. The van der Waals surface area contributed by atoms with E-state index < -0.39 is 40.0 Å². The van der Waals surface area contributed by atoms with Crippen molar-refractivity contribution in [1.29, 1.82) is 0 Å². The van der Waals surface area contributed by atoms with Crippen LogP contribution in [0.4, 0.5) is 32.0 Å². The maximum atomic E-state index is 13.1. The normalized spacial score (nSPS) is 12.1. The van der Waals surface area contributed by atoms with Crippen LogP contribution in [0.1, 0.15) is 5.56 Å². The third kappa shape index (κ3) is 4.15. The summed E-state index contributed by atoms with van der Waals surface area (Å²) < 4.78 is 79.5. The van der Waals surface area contributed by atoms with Crippen molar-refractivity contribution in [2.45, 2.75) is 12.5 Å². The van der Waals surface area contributed by atoms with Crippen molar-refractivity contribution in [1.82, 2.24) is 0 Å². The molecule has 0 aliphatic rings. The molecule has 0 saturated heterocycles. The summed E-state index contributed by atoms with van der Waals surface area (Å²) in [5, 5.41) is 10.8. The zero-order valence-electron chi connectivity index (χ0n) is 11.5. The standard InChI is InChI=1S/C14H7F6NO3/c15-13(16,17)12-5-4-9(21(22)23)7-11(12)8-2-1-3-10(6-8)24-14(18,19)20/h1-7H. The van der Waals surface area contributed by atoms with Crippen molar-refractivity contribution in [3.05, 3.63) is 58.1 Å². The lowest BCUT2D eigenvalue weighted by Gasteiger charge is -2.14. The van der Waals surface area contributed by atoms with E-state index in [2.05, 4.69) is 4.74 Å². The predicted octanol–water partition coefficient (Wildman–Crippen LogP) is 5.18. The van der Waals surface area contributed by atoms with Crippen molar-refractivity contribution in [2.75, 3.05) is 0 Å². The minimum Gasteiger partial charge on any atom is -0.406 e. The summed E-state index contributed by atoms with van der Waals surface area (Å²) in [5.74, 6) is -0.736. The molecule has 0 N–H and O–H groups in total. The second-order valence-electron chi connectivity index (χ2n) is 4.56. The van der Waals surface area contributed by atoms with Gasteiger partial charge in [-0.05, 0) is 23.8 Å². The Kier molecular flexibility index (Phi) is 4.41. The van der Waals surface area contributed by atoms with Gasteiger partial charge in [0.15, 0.2) is 0 Å². The third-order valence-electron chi connectivity index (χ3n) is 2.90. The van der Waals surface area contributed by atoms with Crippen molar-refractivity contribution in [2.24, 2.45) is 0 Å². The SMILES string of the molecule is O=[N+]([O-])c1ccc(C(F)(F)F)c(-c2cccc(OC(F)(F)F)c2)c1. The van der Waals surface area contributed by atoms with Crippen LogP contribution in [0.3, 0.4) is 0 Å². The zero-order valence-corrected chi connectivity index (χ0v) is 11.5. The van der Waals surface area contributed by atoms with Gasteiger partial charge in [-0.15, -0.1) is 13.2 Å². The summed E-state index contributed by atoms with van der Waals surface area (Å²) in [7, 11) is 0. The number of nitro benzene ring substituents is 1. The Hall–Kier alpha value is -2.78. The molecule has 0 heterocycles. The monoisotopic (exact) mass is 351 g/mol. The lowest BCUT2D eigenvalue weighted by Crippen LogP contribution is -2.17. The van der Waals surface area contributed by atoms with Crippen molar-refractivity contribution in [3.8, 4) is 16.9 Å². The molecule has 10 heteroatoms.